The van der Waals surface area contributed by atoms with Gasteiger partial charge in [-0.15, -0.1) is 0 Å². The van der Waals surface area contributed by atoms with E-state index in [1.807, 2.05) is 0 Å². The first-order chi connectivity index (χ1) is 10.9. The van der Waals surface area contributed by atoms with Crippen molar-refractivity contribution in [2.75, 3.05) is 12.8 Å². The molecule has 1 spiro atoms. The number of ether oxygens (including phenoxy) is 1. The summed E-state index contributed by atoms with van der Waals surface area (Å²) in [6.07, 6.45) is 5.83. The molecule has 1 unspecified atom stereocenters. The Morgan fingerprint density at radius 2 is 2.00 bits per heavy atom. The third-order valence-electron chi connectivity index (χ3n) is 5.23. The number of hydrogen-bond donors (Lipinski definition) is 0. The Hall–Kier alpha value is -1.14. The van der Waals surface area contributed by atoms with Gasteiger partial charge in [0.25, 0.3) is 0 Å². The molecule has 1 aromatic carbocycles. The molecule has 1 aromatic rings. The molecule has 0 aromatic heterocycles. The molecule has 23 heavy (non-hydrogen) atoms. The van der Waals surface area contributed by atoms with Crippen LogP contribution < -0.4 is 4.74 Å². The van der Waals surface area contributed by atoms with Crippen LogP contribution >= 0.6 is 0 Å². The molecule has 0 radical (unpaired) electrons. The average molecular weight is 341 g/mol. The zero-order valence-electron chi connectivity index (χ0n) is 13.7. The van der Waals surface area contributed by atoms with E-state index in [2.05, 4.69) is 0 Å². The van der Waals surface area contributed by atoms with Crippen LogP contribution in [0.1, 0.15) is 57.1 Å². The average Bonchev–Trinajstić information content (AvgIpc) is 2.55. The molecule has 0 saturated heterocycles. The maximum absolute atomic E-state index is 13.7. The molecule has 2 aliphatic rings. The van der Waals surface area contributed by atoms with E-state index in [1.165, 1.54) is 22.9 Å². The Labute approximate surface area is 137 Å². The first-order valence-corrected chi connectivity index (χ1v) is 9.92. The summed E-state index contributed by atoms with van der Waals surface area (Å²) in [4.78, 5) is 0. The predicted octanol–water partition coefficient (Wildman–Crippen LogP) is 3.63. The van der Waals surface area contributed by atoms with Crippen LogP contribution in [0.5, 0.6) is 5.75 Å². The van der Waals surface area contributed by atoms with Crippen molar-refractivity contribution in [2.45, 2.75) is 57.1 Å². The largest absolute Gasteiger partial charge is 0.487 e. The van der Waals surface area contributed by atoms with Crippen molar-refractivity contribution in [1.82, 2.24) is 4.31 Å². The Balaban J connectivity index is 2.04. The highest BCUT2D eigenvalue weighted by molar-refractivity contribution is 7.89. The predicted molar refractivity (Wildman–Crippen MR) is 87.4 cm³/mol. The van der Waals surface area contributed by atoms with Crippen molar-refractivity contribution < 1.29 is 17.5 Å². The lowest BCUT2D eigenvalue weighted by atomic mass is 9.77. The van der Waals surface area contributed by atoms with Crippen molar-refractivity contribution in [3.63, 3.8) is 0 Å². The fraction of sp³-hybridized carbons (Fsp3) is 0.647. The summed E-state index contributed by atoms with van der Waals surface area (Å²) in [7, 11) is -1.76. The number of halogens is 1. The van der Waals surface area contributed by atoms with Gasteiger partial charge in [0.1, 0.15) is 17.2 Å². The van der Waals surface area contributed by atoms with Crippen LogP contribution in [0.4, 0.5) is 4.39 Å². The lowest BCUT2D eigenvalue weighted by Crippen LogP contribution is -2.47. The third-order valence-corrected chi connectivity index (χ3v) is 7.09. The molecule has 0 N–H and O–H groups in total. The summed E-state index contributed by atoms with van der Waals surface area (Å²) in [6, 6.07) is 4.07. The van der Waals surface area contributed by atoms with E-state index < -0.39 is 10.0 Å². The fourth-order valence-corrected chi connectivity index (χ4v) is 4.82. The van der Waals surface area contributed by atoms with Crippen LogP contribution in [0, 0.1) is 5.82 Å². The van der Waals surface area contributed by atoms with Gasteiger partial charge in [-0.1, -0.05) is 6.42 Å². The minimum atomic E-state index is -3.35. The Morgan fingerprint density at radius 1 is 1.30 bits per heavy atom. The van der Waals surface area contributed by atoms with Gasteiger partial charge in [0.05, 0.1) is 11.8 Å². The van der Waals surface area contributed by atoms with Gasteiger partial charge in [0, 0.05) is 19.0 Å². The topological polar surface area (TPSA) is 46.6 Å². The summed E-state index contributed by atoms with van der Waals surface area (Å²) in [6.45, 7) is 1.63. The standard InChI is InChI=1S/C17H24FNO3S/c1-3-23(20,21)19(2)15-12-17(9-5-4-6-10-17)22-16-8-7-13(18)11-14(15)16/h7-8,11,15H,3-6,9-10,12H2,1-2H3. The van der Waals surface area contributed by atoms with Crippen molar-refractivity contribution >= 4 is 10.0 Å². The third kappa shape index (κ3) is 3.11. The normalized spacial score (nSPS) is 23.6. The van der Waals surface area contributed by atoms with Crippen LogP contribution in [0.3, 0.4) is 0 Å². The molecule has 128 valence electrons. The summed E-state index contributed by atoms with van der Waals surface area (Å²) >= 11 is 0. The minimum Gasteiger partial charge on any atom is -0.487 e. The van der Waals surface area contributed by atoms with Crippen molar-refractivity contribution in [2.24, 2.45) is 0 Å². The van der Waals surface area contributed by atoms with Crippen molar-refractivity contribution in [3.05, 3.63) is 29.6 Å². The number of nitrogens with zero attached hydrogens (tertiary/aromatic N) is 1. The van der Waals surface area contributed by atoms with Gasteiger partial charge in [0.2, 0.25) is 10.0 Å². The van der Waals surface area contributed by atoms with Gasteiger partial charge < -0.3 is 4.74 Å². The SMILES string of the molecule is CCS(=O)(=O)N(C)C1CC2(CCCCC2)Oc2ccc(F)cc21. The van der Waals surface area contributed by atoms with Crippen LogP contribution in [0.25, 0.3) is 0 Å². The second-order valence-corrected chi connectivity index (χ2v) is 8.98. The van der Waals surface area contributed by atoms with E-state index in [4.69, 9.17) is 4.74 Å². The molecular weight excluding hydrogens is 317 g/mol. The molecular formula is C17H24FNO3S. The maximum Gasteiger partial charge on any atom is 0.214 e. The van der Waals surface area contributed by atoms with E-state index in [0.717, 1.165) is 25.7 Å². The zero-order chi connectivity index (χ0) is 16.7. The molecule has 1 aliphatic carbocycles. The van der Waals surface area contributed by atoms with E-state index >= 15 is 0 Å². The fourth-order valence-electron chi connectivity index (χ4n) is 3.83. The van der Waals surface area contributed by atoms with Gasteiger partial charge in [-0.2, -0.15) is 4.31 Å². The molecule has 1 heterocycles. The van der Waals surface area contributed by atoms with Crippen molar-refractivity contribution in [3.8, 4) is 5.75 Å². The van der Waals surface area contributed by atoms with Crippen LogP contribution in [-0.2, 0) is 10.0 Å². The van der Waals surface area contributed by atoms with Gasteiger partial charge in [0.15, 0.2) is 0 Å². The minimum absolute atomic E-state index is 0.0402. The summed E-state index contributed by atoms with van der Waals surface area (Å²) < 4.78 is 46.1. The Morgan fingerprint density at radius 3 is 2.65 bits per heavy atom. The highest BCUT2D eigenvalue weighted by Crippen LogP contribution is 2.48. The van der Waals surface area contributed by atoms with Gasteiger partial charge in [-0.25, -0.2) is 12.8 Å². The van der Waals surface area contributed by atoms with Gasteiger partial charge in [-0.3, -0.25) is 0 Å². The lowest BCUT2D eigenvalue weighted by Gasteiger charge is -2.46. The van der Waals surface area contributed by atoms with Gasteiger partial charge in [-0.05, 0) is 50.8 Å². The summed E-state index contributed by atoms with van der Waals surface area (Å²) in [5.41, 5.74) is 0.325. The number of rotatable bonds is 3. The molecule has 1 saturated carbocycles. The summed E-state index contributed by atoms with van der Waals surface area (Å²) in [5.74, 6) is 0.306. The molecule has 0 bridgehead atoms. The number of benzene rings is 1. The Kier molecular flexibility index (Phi) is 4.40. The molecule has 3 rings (SSSR count). The van der Waals surface area contributed by atoms with Gasteiger partial charge >= 0.3 is 0 Å². The number of hydrogen-bond acceptors (Lipinski definition) is 3. The van der Waals surface area contributed by atoms with E-state index in [0.29, 0.717) is 17.7 Å². The molecule has 1 fully saturated rings. The quantitative estimate of drug-likeness (QED) is 0.843. The first kappa shape index (κ1) is 16.7. The second-order valence-electron chi connectivity index (χ2n) is 6.66. The van der Waals surface area contributed by atoms with E-state index in [-0.39, 0.29) is 23.2 Å². The molecule has 6 heteroatoms. The smallest absolute Gasteiger partial charge is 0.214 e. The van der Waals surface area contributed by atoms with Crippen LogP contribution in [0.2, 0.25) is 0 Å². The highest BCUT2D eigenvalue weighted by Gasteiger charge is 2.44. The van der Waals surface area contributed by atoms with Crippen molar-refractivity contribution in [1.29, 1.82) is 0 Å². The number of sulfonamides is 1. The molecule has 1 aliphatic heterocycles. The van der Waals surface area contributed by atoms with Crippen LogP contribution in [-0.4, -0.2) is 31.1 Å². The number of fused-ring (bicyclic) bond motifs is 1. The van der Waals surface area contributed by atoms with E-state index in [9.17, 15) is 12.8 Å². The highest BCUT2D eigenvalue weighted by atomic mass is 32.2. The molecule has 0 amide bonds. The second kappa shape index (κ2) is 6.06. The first-order valence-electron chi connectivity index (χ1n) is 8.31. The van der Waals surface area contributed by atoms with E-state index in [1.54, 1.807) is 20.0 Å². The summed E-state index contributed by atoms with van der Waals surface area (Å²) in [5, 5.41) is 0. The van der Waals surface area contributed by atoms with Crippen LogP contribution in [0.15, 0.2) is 18.2 Å². The monoisotopic (exact) mass is 341 g/mol. The lowest BCUT2D eigenvalue weighted by molar-refractivity contribution is -0.0107. The maximum atomic E-state index is 13.7. The molecule has 4 nitrogen and oxygen atoms in total. The Bertz CT molecular complexity index is 683. The zero-order valence-corrected chi connectivity index (χ0v) is 14.5. The molecule has 1 atom stereocenters.